The smallest absolute Gasteiger partial charge is 0.265 e. The van der Waals surface area contributed by atoms with E-state index in [9.17, 15) is 4.79 Å². The molecule has 0 aromatic carbocycles. The average molecular weight is 280 g/mol. The van der Waals surface area contributed by atoms with Crippen LogP contribution in [0, 0.1) is 0 Å². The molecule has 0 aliphatic carbocycles. The number of rotatable bonds is 2. The fourth-order valence-corrected chi connectivity index (χ4v) is 3.23. The number of hydrogen-bond acceptors (Lipinski definition) is 6. The quantitative estimate of drug-likeness (QED) is 0.837. The highest BCUT2D eigenvalue weighted by atomic mass is 32.1. The van der Waals surface area contributed by atoms with E-state index < -0.39 is 0 Å². The van der Waals surface area contributed by atoms with Crippen molar-refractivity contribution in [3.05, 3.63) is 28.2 Å². The summed E-state index contributed by atoms with van der Waals surface area (Å²) in [4.78, 5) is 25.2. The van der Waals surface area contributed by atoms with Crippen molar-refractivity contribution >= 4 is 33.7 Å². The summed E-state index contributed by atoms with van der Waals surface area (Å²) < 4.78 is 0. The molecular weight excluding hydrogens is 268 g/mol. The zero-order valence-corrected chi connectivity index (χ0v) is 11.3. The molecule has 2 aromatic rings. The van der Waals surface area contributed by atoms with Crippen molar-refractivity contribution in [2.24, 2.45) is 0 Å². The van der Waals surface area contributed by atoms with Crippen LogP contribution in [0.15, 0.2) is 23.3 Å². The number of piperazine rings is 1. The van der Waals surface area contributed by atoms with E-state index in [1.54, 1.807) is 23.0 Å². The Bertz CT molecular complexity index is 503. The first-order valence-electron chi connectivity index (χ1n) is 5.67. The van der Waals surface area contributed by atoms with Crippen LogP contribution in [0.3, 0.4) is 0 Å². The summed E-state index contributed by atoms with van der Waals surface area (Å²) in [7, 11) is 0. The lowest BCUT2D eigenvalue weighted by Gasteiger charge is -2.34. The third-order valence-electron chi connectivity index (χ3n) is 2.90. The van der Waals surface area contributed by atoms with E-state index in [-0.39, 0.29) is 5.91 Å². The predicted molar refractivity (Wildman–Crippen MR) is 72.3 cm³/mol. The fourth-order valence-electron chi connectivity index (χ4n) is 1.95. The van der Waals surface area contributed by atoms with E-state index in [1.165, 1.54) is 11.3 Å². The van der Waals surface area contributed by atoms with Crippen molar-refractivity contribution in [2.45, 2.75) is 0 Å². The van der Waals surface area contributed by atoms with Crippen LogP contribution in [0.1, 0.15) is 9.67 Å². The number of amides is 1. The number of anilines is 1. The Morgan fingerprint density at radius 3 is 2.67 bits per heavy atom. The summed E-state index contributed by atoms with van der Waals surface area (Å²) in [5, 5.41) is 3.02. The fraction of sp³-hybridized carbons (Fsp3) is 0.364. The third-order valence-corrected chi connectivity index (χ3v) is 4.49. The van der Waals surface area contributed by atoms with Crippen molar-refractivity contribution in [1.29, 1.82) is 0 Å². The van der Waals surface area contributed by atoms with Crippen molar-refractivity contribution in [2.75, 3.05) is 31.1 Å². The van der Waals surface area contributed by atoms with E-state index in [2.05, 4.69) is 14.9 Å². The maximum Gasteiger partial charge on any atom is 0.265 e. The van der Waals surface area contributed by atoms with E-state index in [0.29, 0.717) is 0 Å². The Morgan fingerprint density at radius 2 is 2.06 bits per heavy atom. The molecule has 5 nitrogen and oxygen atoms in total. The Kier molecular flexibility index (Phi) is 3.24. The van der Waals surface area contributed by atoms with Crippen molar-refractivity contribution in [3.63, 3.8) is 0 Å². The highest BCUT2D eigenvalue weighted by Gasteiger charge is 2.23. The molecule has 0 atom stereocenters. The molecule has 2 aromatic heterocycles. The van der Waals surface area contributed by atoms with Crippen LogP contribution in [0.25, 0.3) is 0 Å². The molecule has 0 radical (unpaired) electrons. The number of carbonyl (C=O) groups excluding carboxylic acids is 1. The number of carbonyl (C=O) groups is 1. The van der Waals surface area contributed by atoms with Gasteiger partial charge in [0.1, 0.15) is 4.88 Å². The summed E-state index contributed by atoms with van der Waals surface area (Å²) in [6, 6.07) is 0. The largest absolute Gasteiger partial charge is 0.345 e. The zero-order valence-electron chi connectivity index (χ0n) is 9.65. The second-order valence-corrected chi connectivity index (χ2v) is 5.72. The van der Waals surface area contributed by atoms with E-state index in [0.717, 1.165) is 36.2 Å². The monoisotopic (exact) mass is 280 g/mol. The highest BCUT2D eigenvalue weighted by molar-refractivity contribution is 7.13. The van der Waals surface area contributed by atoms with Crippen molar-refractivity contribution in [3.8, 4) is 0 Å². The Balaban J connectivity index is 1.62. The molecule has 0 unspecified atom stereocenters. The van der Waals surface area contributed by atoms with Crippen LogP contribution in [0.5, 0.6) is 0 Å². The van der Waals surface area contributed by atoms with E-state index in [4.69, 9.17) is 0 Å². The molecule has 0 bridgehead atoms. The lowest BCUT2D eigenvalue weighted by molar-refractivity contribution is 0.0751. The van der Waals surface area contributed by atoms with Crippen molar-refractivity contribution < 1.29 is 4.79 Å². The molecule has 1 aliphatic rings. The number of aromatic nitrogens is 2. The van der Waals surface area contributed by atoms with E-state index >= 15 is 0 Å². The number of nitrogens with zero attached hydrogens (tertiary/aromatic N) is 4. The number of thiazole rings is 2. The molecule has 3 rings (SSSR count). The van der Waals surface area contributed by atoms with Crippen LogP contribution >= 0.6 is 22.7 Å². The second kappa shape index (κ2) is 5.03. The first kappa shape index (κ1) is 11.6. The molecule has 0 saturated carbocycles. The van der Waals surface area contributed by atoms with Crippen LogP contribution in [-0.4, -0.2) is 47.0 Å². The first-order valence-corrected chi connectivity index (χ1v) is 7.43. The molecule has 94 valence electrons. The second-order valence-electron chi connectivity index (χ2n) is 3.96. The minimum Gasteiger partial charge on any atom is -0.345 e. The average Bonchev–Trinajstić information content (AvgIpc) is 3.11. The third kappa shape index (κ3) is 2.23. The van der Waals surface area contributed by atoms with Gasteiger partial charge in [-0.25, -0.2) is 4.98 Å². The van der Waals surface area contributed by atoms with Gasteiger partial charge in [0.05, 0.1) is 11.7 Å². The molecule has 1 aliphatic heterocycles. The standard InChI is InChI=1S/C11H12N4OS2/c16-10(9-7-12-8-18-9)14-2-4-15(5-3-14)11-13-1-6-17-11/h1,6-8H,2-5H2. The highest BCUT2D eigenvalue weighted by Crippen LogP contribution is 2.20. The summed E-state index contributed by atoms with van der Waals surface area (Å²) >= 11 is 3.04. The molecule has 18 heavy (non-hydrogen) atoms. The van der Waals surface area contributed by atoms with Gasteiger partial charge in [-0.15, -0.1) is 22.7 Å². The van der Waals surface area contributed by atoms with Gasteiger partial charge in [0.2, 0.25) is 0 Å². The van der Waals surface area contributed by atoms with Gasteiger partial charge in [0.25, 0.3) is 5.91 Å². The predicted octanol–water partition coefficient (Wildman–Crippen LogP) is 1.56. The molecule has 0 spiro atoms. The molecule has 7 heteroatoms. The molecule has 1 amide bonds. The minimum absolute atomic E-state index is 0.0938. The summed E-state index contributed by atoms with van der Waals surface area (Å²) in [6.07, 6.45) is 3.45. The van der Waals surface area contributed by atoms with Gasteiger partial charge < -0.3 is 9.80 Å². The lowest BCUT2D eigenvalue weighted by atomic mass is 10.3. The van der Waals surface area contributed by atoms with Gasteiger partial charge in [-0.1, -0.05) is 0 Å². The Morgan fingerprint density at radius 1 is 1.22 bits per heavy atom. The van der Waals surface area contributed by atoms with Gasteiger partial charge in [-0.05, 0) is 0 Å². The molecular formula is C11H12N4OS2. The SMILES string of the molecule is O=C(c1cncs1)N1CCN(c2nccs2)CC1. The first-order chi connectivity index (χ1) is 8.84. The van der Waals surface area contributed by atoms with Gasteiger partial charge in [0.15, 0.2) is 5.13 Å². The van der Waals surface area contributed by atoms with Gasteiger partial charge in [-0.3, -0.25) is 9.78 Å². The maximum atomic E-state index is 12.1. The Hall–Kier alpha value is -1.47. The van der Waals surface area contributed by atoms with Crippen molar-refractivity contribution in [1.82, 2.24) is 14.9 Å². The van der Waals surface area contributed by atoms with Gasteiger partial charge in [-0.2, -0.15) is 0 Å². The normalized spacial score (nSPS) is 16.0. The number of hydrogen-bond donors (Lipinski definition) is 0. The molecule has 3 heterocycles. The summed E-state index contributed by atoms with van der Waals surface area (Å²) in [5.74, 6) is 0.0938. The Labute approximate surface area is 113 Å². The van der Waals surface area contributed by atoms with Gasteiger partial charge in [0, 0.05) is 37.8 Å². The van der Waals surface area contributed by atoms with Crippen LogP contribution < -0.4 is 4.90 Å². The van der Waals surface area contributed by atoms with Gasteiger partial charge >= 0.3 is 0 Å². The molecule has 1 saturated heterocycles. The molecule has 0 N–H and O–H groups in total. The lowest BCUT2D eigenvalue weighted by Crippen LogP contribution is -2.48. The van der Waals surface area contributed by atoms with Crippen LogP contribution in [-0.2, 0) is 0 Å². The maximum absolute atomic E-state index is 12.1. The van der Waals surface area contributed by atoms with Crippen LogP contribution in [0.4, 0.5) is 5.13 Å². The van der Waals surface area contributed by atoms with Crippen LogP contribution in [0.2, 0.25) is 0 Å². The summed E-state index contributed by atoms with van der Waals surface area (Å²) in [5.41, 5.74) is 1.69. The minimum atomic E-state index is 0.0938. The zero-order chi connectivity index (χ0) is 12.4. The molecule has 1 fully saturated rings. The van der Waals surface area contributed by atoms with E-state index in [1.807, 2.05) is 16.5 Å². The topological polar surface area (TPSA) is 49.3 Å². The summed E-state index contributed by atoms with van der Waals surface area (Å²) in [6.45, 7) is 3.18.